The molecule has 6 heteroatoms. The van der Waals surface area contributed by atoms with E-state index in [0.717, 1.165) is 24.5 Å². The van der Waals surface area contributed by atoms with E-state index < -0.39 is 10.0 Å². The minimum atomic E-state index is -3.58. The molecule has 21 heavy (non-hydrogen) atoms. The Morgan fingerprint density at radius 2 is 2.14 bits per heavy atom. The number of aromatic nitrogens is 1. The van der Waals surface area contributed by atoms with Crippen molar-refractivity contribution in [3.8, 4) is 0 Å². The first-order valence-electron chi connectivity index (χ1n) is 6.91. The largest absolute Gasteiger partial charge is 0.303 e. The zero-order valence-electron chi connectivity index (χ0n) is 11.5. The first-order chi connectivity index (χ1) is 10.1. The zero-order valence-corrected chi connectivity index (χ0v) is 12.3. The first-order valence-corrected chi connectivity index (χ1v) is 8.35. The summed E-state index contributed by atoms with van der Waals surface area (Å²) in [6.07, 6.45) is 5.57. The molecular weight excluding hydrogens is 288 g/mol. The monoisotopic (exact) mass is 304 g/mol. The number of hydrogen-bond donors (Lipinski definition) is 0. The summed E-state index contributed by atoms with van der Waals surface area (Å²) in [6, 6.07) is 6.88. The van der Waals surface area contributed by atoms with Crippen molar-refractivity contribution < 1.29 is 13.2 Å². The molecular formula is C15H16N2O3S. The lowest BCUT2D eigenvalue weighted by Crippen LogP contribution is -2.40. The fraction of sp³-hybridized carbons (Fsp3) is 0.333. The second kappa shape index (κ2) is 5.54. The summed E-state index contributed by atoms with van der Waals surface area (Å²) in [7, 11) is -3.58. The van der Waals surface area contributed by atoms with Crippen LogP contribution in [0.3, 0.4) is 0 Å². The van der Waals surface area contributed by atoms with E-state index in [1.54, 1.807) is 30.6 Å². The quantitative estimate of drug-likeness (QED) is 0.811. The highest BCUT2D eigenvalue weighted by molar-refractivity contribution is 7.89. The topological polar surface area (TPSA) is 67.3 Å². The van der Waals surface area contributed by atoms with Crippen LogP contribution in [0.4, 0.5) is 0 Å². The molecule has 1 aromatic carbocycles. The van der Waals surface area contributed by atoms with E-state index in [-0.39, 0.29) is 17.4 Å². The third-order valence-electron chi connectivity index (χ3n) is 3.87. The normalized spacial score (nSPS) is 20.5. The Balaban J connectivity index is 2.06. The van der Waals surface area contributed by atoms with Gasteiger partial charge in [0.1, 0.15) is 6.29 Å². The van der Waals surface area contributed by atoms with E-state index in [2.05, 4.69) is 4.98 Å². The molecule has 1 atom stereocenters. The highest BCUT2D eigenvalue weighted by atomic mass is 32.2. The molecule has 0 amide bonds. The van der Waals surface area contributed by atoms with Crippen molar-refractivity contribution in [2.75, 3.05) is 13.1 Å². The molecule has 0 aliphatic carbocycles. The summed E-state index contributed by atoms with van der Waals surface area (Å²) in [5, 5.41) is 1.46. The molecule has 3 rings (SSSR count). The Morgan fingerprint density at radius 3 is 2.95 bits per heavy atom. The van der Waals surface area contributed by atoms with Crippen LogP contribution in [0, 0.1) is 5.92 Å². The first kappa shape index (κ1) is 14.2. The number of piperidine rings is 1. The number of nitrogens with zero attached hydrogens (tertiary/aromatic N) is 2. The maximum Gasteiger partial charge on any atom is 0.243 e. The number of rotatable bonds is 3. The molecule has 1 aliphatic heterocycles. The molecule has 0 saturated carbocycles. The number of carbonyl (C=O) groups excluding carboxylic acids is 1. The lowest BCUT2D eigenvalue weighted by Gasteiger charge is -2.29. The van der Waals surface area contributed by atoms with E-state index in [1.807, 2.05) is 6.07 Å². The molecule has 0 radical (unpaired) electrons. The van der Waals surface area contributed by atoms with Gasteiger partial charge in [-0.1, -0.05) is 12.1 Å². The fourth-order valence-electron chi connectivity index (χ4n) is 2.76. The van der Waals surface area contributed by atoms with Crippen molar-refractivity contribution >= 4 is 27.1 Å². The number of carbonyl (C=O) groups is 1. The fourth-order valence-corrected chi connectivity index (χ4v) is 4.51. The van der Waals surface area contributed by atoms with Gasteiger partial charge < -0.3 is 4.79 Å². The molecule has 2 aromatic rings. The van der Waals surface area contributed by atoms with Gasteiger partial charge in [-0.2, -0.15) is 4.31 Å². The van der Waals surface area contributed by atoms with Crippen molar-refractivity contribution in [1.82, 2.24) is 9.29 Å². The average Bonchev–Trinajstić information content (AvgIpc) is 2.54. The number of benzene rings is 1. The molecule has 5 nitrogen and oxygen atoms in total. The predicted octanol–water partition coefficient (Wildman–Crippen LogP) is 1.83. The number of fused-ring (bicyclic) bond motifs is 1. The molecule has 1 saturated heterocycles. The van der Waals surface area contributed by atoms with Crippen molar-refractivity contribution in [2.24, 2.45) is 5.92 Å². The second-order valence-corrected chi connectivity index (χ2v) is 7.16. The van der Waals surface area contributed by atoms with Gasteiger partial charge in [-0.3, -0.25) is 4.98 Å². The van der Waals surface area contributed by atoms with Gasteiger partial charge in [-0.15, -0.1) is 0 Å². The van der Waals surface area contributed by atoms with Crippen molar-refractivity contribution in [3.05, 3.63) is 36.7 Å². The SMILES string of the molecule is O=CC1CCCN(S(=O)(=O)c2cccc3cnccc23)C1. The van der Waals surface area contributed by atoms with Gasteiger partial charge in [0.15, 0.2) is 0 Å². The van der Waals surface area contributed by atoms with Crippen molar-refractivity contribution in [1.29, 1.82) is 0 Å². The minimum Gasteiger partial charge on any atom is -0.303 e. The molecule has 0 N–H and O–H groups in total. The van der Waals surface area contributed by atoms with Gasteiger partial charge in [0.2, 0.25) is 10.0 Å². The Labute approximate surface area is 123 Å². The highest BCUT2D eigenvalue weighted by Gasteiger charge is 2.31. The Hall–Kier alpha value is -1.79. The third-order valence-corrected chi connectivity index (χ3v) is 5.79. The van der Waals surface area contributed by atoms with E-state index >= 15 is 0 Å². The lowest BCUT2D eigenvalue weighted by atomic mass is 10.0. The van der Waals surface area contributed by atoms with Crippen LogP contribution in [0.2, 0.25) is 0 Å². The highest BCUT2D eigenvalue weighted by Crippen LogP contribution is 2.28. The van der Waals surface area contributed by atoms with Gasteiger partial charge in [0.05, 0.1) is 4.90 Å². The zero-order chi connectivity index (χ0) is 14.9. The Morgan fingerprint density at radius 1 is 1.29 bits per heavy atom. The van der Waals surface area contributed by atoms with Crippen molar-refractivity contribution in [2.45, 2.75) is 17.7 Å². The van der Waals surface area contributed by atoms with Crippen molar-refractivity contribution in [3.63, 3.8) is 0 Å². The second-order valence-electron chi connectivity index (χ2n) is 5.25. The van der Waals surface area contributed by atoms with E-state index in [1.165, 1.54) is 4.31 Å². The van der Waals surface area contributed by atoms with Crippen LogP contribution < -0.4 is 0 Å². The molecule has 1 aromatic heterocycles. The molecule has 1 unspecified atom stereocenters. The molecule has 110 valence electrons. The molecule has 0 bridgehead atoms. The van der Waals surface area contributed by atoms with Crippen LogP contribution in [0.15, 0.2) is 41.6 Å². The van der Waals surface area contributed by atoms with Crippen LogP contribution in [-0.4, -0.2) is 37.1 Å². The van der Waals surface area contributed by atoms with E-state index in [0.29, 0.717) is 11.9 Å². The number of sulfonamides is 1. The smallest absolute Gasteiger partial charge is 0.243 e. The van der Waals surface area contributed by atoms with Gasteiger partial charge in [-0.25, -0.2) is 8.42 Å². The van der Waals surface area contributed by atoms with Gasteiger partial charge in [0, 0.05) is 42.2 Å². The number of pyridine rings is 1. The lowest BCUT2D eigenvalue weighted by molar-refractivity contribution is -0.112. The van der Waals surface area contributed by atoms with Gasteiger partial charge in [0.25, 0.3) is 0 Å². The maximum absolute atomic E-state index is 12.9. The Bertz CT molecular complexity index is 768. The summed E-state index contributed by atoms with van der Waals surface area (Å²) in [6.45, 7) is 0.738. The summed E-state index contributed by atoms with van der Waals surface area (Å²) in [4.78, 5) is 15.3. The van der Waals surface area contributed by atoms with Gasteiger partial charge in [-0.05, 0) is 25.0 Å². The predicted molar refractivity (Wildman–Crippen MR) is 79.3 cm³/mol. The van der Waals surface area contributed by atoms with Crippen LogP contribution in [-0.2, 0) is 14.8 Å². The molecule has 2 heterocycles. The summed E-state index contributed by atoms with van der Waals surface area (Å²) >= 11 is 0. The minimum absolute atomic E-state index is 0.204. The van der Waals surface area contributed by atoms with Crippen LogP contribution in [0.25, 0.3) is 10.8 Å². The summed E-state index contributed by atoms with van der Waals surface area (Å²) < 4.78 is 27.1. The van der Waals surface area contributed by atoms with E-state index in [4.69, 9.17) is 0 Å². The summed E-state index contributed by atoms with van der Waals surface area (Å²) in [5.41, 5.74) is 0. The van der Waals surface area contributed by atoms with Gasteiger partial charge >= 0.3 is 0 Å². The van der Waals surface area contributed by atoms with E-state index in [9.17, 15) is 13.2 Å². The number of aldehydes is 1. The van der Waals surface area contributed by atoms with Crippen LogP contribution >= 0.6 is 0 Å². The Kier molecular flexibility index (Phi) is 3.73. The summed E-state index contributed by atoms with van der Waals surface area (Å²) in [5.74, 6) is -0.204. The molecule has 1 aliphatic rings. The molecule has 1 fully saturated rings. The standard InChI is InChI=1S/C15H16N2O3S/c18-11-12-3-2-8-17(10-12)21(19,20)15-5-1-4-13-9-16-7-6-14(13)15/h1,4-7,9,11-12H,2-3,8,10H2. The average molecular weight is 304 g/mol. The third kappa shape index (κ3) is 2.56. The maximum atomic E-state index is 12.9. The molecule has 0 spiro atoms. The van der Waals surface area contributed by atoms with Crippen LogP contribution in [0.1, 0.15) is 12.8 Å². The number of hydrogen-bond acceptors (Lipinski definition) is 4. The van der Waals surface area contributed by atoms with Crippen LogP contribution in [0.5, 0.6) is 0 Å².